The van der Waals surface area contributed by atoms with Crippen molar-refractivity contribution in [2.45, 2.75) is 33.3 Å². The number of ether oxygens (including phenoxy) is 1. The zero-order valence-electron chi connectivity index (χ0n) is 15.1. The average molecular weight is 375 g/mol. The molecule has 2 aromatic carbocycles. The summed E-state index contributed by atoms with van der Waals surface area (Å²) in [6.07, 6.45) is 0.280. The Morgan fingerprint density at radius 2 is 1.81 bits per heavy atom. The van der Waals surface area contributed by atoms with E-state index in [4.69, 9.17) is 16.3 Å². The molecule has 0 aliphatic rings. The third kappa shape index (κ3) is 6.08. The van der Waals surface area contributed by atoms with Crippen LogP contribution in [-0.4, -0.2) is 24.5 Å². The standard InChI is InChI=1S/C20H23ClN2O3/c1-13(2)26-17-8-9-18(14(3)12-17)23-19(24)10-11-22-20(25)15-4-6-16(21)7-5-15/h4-9,12-13H,10-11H2,1-3H3,(H,22,25)(H,23,24). The molecule has 2 aromatic rings. The fourth-order valence-corrected chi connectivity index (χ4v) is 2.45. The lowest BCUT2D eigenvalue weighted by molar-refractivity contribution is -0.116. The van der Waals surface area contributed by atoms with Gasteiger partial charge in [0.25, 0.3) is 5.91 Å². The van der Waals surface area contributed by atoms with Crippen LogP contribution in [0.5, 0.6) is 5.75 Å². The summed E-state index contributed by atoms with van der Waals surface area (Å²) in [5.41, 5.74) is 2.16. The van der Waals surface area contributed by atoms with Crippen LogP contribution < -0.4 is 15.4 Å². The summed E-state index contributed by atoms with van der Waals surface area (Å²) in [6.45, 7) is 6.08. The molecule has 6 heteroatoms. The second-order valence-corrected chi connectivity index (χ2v) is 6.64. The van der Waals surface area contributed by atoms with Gasteiger partial charge in [-0.15, -0.1) is 0 Å². The number of carbonyl (C=O) groups excluding carboxylic acids is 2. The second-order valence-electron chi connectivity index (χ2n) is 6.20. The zero-order chi connectivity index (χ0) is 19.1. The monoisotopic (exact) mass is 374 g/mol. The van der Waals surface area contributed by atoms with E-state index in [9.17, 15) is 9.59 Å². The molecule has 5 nitrogen and oxygen atoms in total. The maximum atomic E-state index is 12.1. The van der Waals surface area contributed by atoms with E-state index in [1.54, 1.807) is 24.3 Å². The molecule has 0 saturated carbocycles. The highest BCUT2D eigenvalue weighted by Gasteiger charge is 2.09. The van der Waals surface area contributed by atoms with Crippen molar-refractivity contribution in [3.63, 3.8) is 0 Å². The molecular formula is C20H23ClN2O3. The Morgan fingerprint density at radius 3 is 2.42 bits per heavy atom. The van der Waals surface area contributed by atoms with Crippen molar-refractivity contribution in [3.8, 4) is 5.75 Å². The van der Waals surface area contributed by atoms with Gasteiger partial charge in [0.15, 0.2) is 0 Å². The number of halogens is 1. The Labute approximate surface area is 158 Å². The Bertz CT molecular complexity index is 773. The molecule has 0 atom stereocenters. The number of amides is 2. The van der Waals surface area contributed by atoms with Crippen LogP contribution in [-0.2, 0) is 4.79 Å². The molecule has 0 radical (unpaired) electrons. The maximum Gasteiger partial charge on any atom is 0.251 e. The van der Waals surface area contributed by atoms with Crippen LogP contribution in [0.25, 0.3) is 0 Å². The van der Waals surface area contributed by atoms with Crippen LogP contribution in [0.2, 0.25) is 5.02 Å². The van der Waals surface area contributed by atoms with E-state index in [-0.39, 0.29) is 30.9 Å². The van der Waals surface area contributed by atoms with Crippen molar-refractivity contribution in [1.82, 2.24) is 5.32 Å². The van der Waals surface area contributed by atoms with Crippen LogP contribution >= 0.6 is 11.6 Å². The van der Waals surface area contributed by atoms with Crippen LogP contribution in [0, 0.1) is 6.92 Å². The predicted molar refractivity (Wildman–Crippen MR) is 104 cm³/mol. The third-order valence-corrected chi connectivity index (χ3v) is 3.84. The Hall–Kier alpha value is -2.53. The predicted octanol–water partition coefficient (Wildman–Crippen LogP) is 4.19. The molecule has 2 amide bonds. The van der Waals surface area contributed by atoms with Gasteiger partial charge in [-0.25, -0.2) is 0 Å². The number of benzene rings is 2. The number of carbonyl (C=O) groups is 2. The minimum absolute atomic E-state index is 0.0964. The molecule has 2 rings (SSSR count). The van der Waals surface area contributed by atoms with Gasteiger partial charge in [0, 0.05) is 29.2 Å². The summed E-state index contributed by atoms with van der Waals surface area (Å²) in [5.74, 6) is 0.369. The summed E-state index contributed by atoms with van der Waals surface area (Å²) in [4.78, 5) is 24.1. The summed E-state index contributed by atoms with van der Waals surface area (Å²) in [5, 5.41) is 6.14. The van der Waals surface area contributed by atoms with Crippen molar-refractivity contribution in [2.24, 2.45) is 0 Å². The summed E-state index contributed by atoms with van der Waals surface area (Å²) in [7, 11) is 0. The van der Waals surface area contributed by atoms with Gasteiger partial charge in [-0.05, 0) is 68.8 Å². The fourth-order valence-electron chi connectivity index (χ4n) is 2.33. The number of aryl methyl sites for hydroxylation is 1. The quantitative estimate of drug-likeness (QED) is 0.763. The smallest absolute Gasteiger partial charge is 0.251 e. The highest BCUT2D eigenvalue weighted by molar-refractivity contribution is 6.30. The maximum absolute atomic E-state index is 12.1. The topological polar surface area (TPSA) is 67.4 Å². The van der Waals surface area contributed by atoms with E-state index in [0.717, 1.165) is 17.0 Å². The van der Waals surface area contributed by atoms with Gasteiger partial charge < -0.3 is 15.4 Å². The molecule has 0 aliphatic heterocycles. The first-order valence-electron chi connectivity index (χ1n) is 8.46. The zero-order valence-corrected chi connectivity index (χ0v) is 15.9. The molecule has 0 bridgehead atoms. The average Bonchev–Trinajstić information content (AvgIpc) is 2.57. The number of hydrogen-bond acceptors (Lipinski definition) is 3. The molecule has 0 heterocycles. The third-order valence-electron chi connectivity index (χ3n) is 3.59. The number of rotatable bonds is 7. The van der Waals surface area contributed by atoms with Crippen molar-refractivity contribution >= 4 is 29.1 Å². The van der Waals surface area contributed by atoms with E-state index in [2.05, 4.69) is 10.6 Å². The number of anilines is 1. The molecule has 2 N–H and O–H groups in total. The van der Waals surface area contributed by atoms with Crippen LogP contribution in [0.15, 0.2) is 42.5 Å². The molecule has 138 valence electrons. The fraction of sp³-hybridized carbons (Fsp3) is 0.300. The van der Waals surface area contributed by atoms with Gasteiger partial charge in [-0.2, -0.15) is 0 Å². The lowest BCUT2D eigenvalue weighted by atomic mass is 10.2. The summed E-state index contributed by atoms with van der Waals surface area (Å²) >= 11 is 5.79. The van der Waals surface area contributed by atoms with Crippen LogP contribution in [0.4, 0.5) is 5.69 Å². The largest absolute Gasteiger partial charge is 0.491 e. The number of nitrogens with one attached hydrogen (secondary N) is 2. The van der Waals surface area contributed by atoms with E-state index in [0.29, 0.717) is 10.6 Å². The van der Waals surface area contributed by atoms with E-state index < -0.39 is 0 Å². The lowest BCUT2D eigenvalue weighted by Gasteiger charge is -2.13. The molecule has 0 spiro atoms. The van der Waals surface area contributed by atoms with Gasteiger partial charge in [0.05, 0.1) is 6.10 Å². The molecule has 26 heavy (non-hydrogen) atoms. The highest BCUT2D eigenvalue weighted by atomic mass is 35.5. The van der Waals surface area contributed by atoms with Gasteiger partial charge >= 0.3 is 0 Å². The van der Waals surface area contributed by atoms with Gasteiger partial charge in [-0.1, -0.05) is 11.6 Å². The Balaban J connectivity index is 1.81. The molecule has 0 unspecified atom stereocenters. The van der Waals surface area contributed by atoms with E-state index in [1.807, 2.05) is 39.0 Å². The molecule has 0 aliphatic carbocycles. The highest BCUT2D eigenvalue weighted by Crippen LogP contribution is 2.22. The first-order chi connectivity index (χ1) is 12.3. The summed E-state index contributed by atoms with van der Waals surface area (Å²) in [6, 6.07) is 12.1. The summed E-state index contributed by atoms with van der Waals surface area (Å²) < 4.78 is 5.63. The van der Waals surface area contributed by atoms with Crippen LogP contribution in [0.3, 0.4) is 0 Å². The first kappa shape index (κ1) is 19.8. The first-order valence-corrected chi connectivity index (χ1v) is 8.84. The SMILES string of the molecule is Cc1cc(OC(C)C)ccc1NC(=O)CCNC(=O)c1ccc(Cl)cc1. The molecule has 0 fully saturated rings. The van der Waals surface area contributed by atoms with Crippen molar-refractivity contribution in [1.29, 1.82) is 0 Å². The molecule has 0 aromatic heterocycles. The Morgan fingerprint density at radius 1 is 1.12 bits per heavy atom. The van der Waals surface area contributed by atoms with Gasteiger partial charge in [0.2, 0.25) is 5.91 Å². The second kappa shape index (κ2) is 9.25. The van der Waals surface area contributed by atoms with Gasteiger partial charge in [-0.3, -0.25) is 9.59 Å². The van der Waals surface area contributed by atoms with Crippen LogP contribution in [0.1, 0.15) is 36.2 Å². The normalized spacial score (nSPS) is 10.5. The Kier molecular flexibility index (Phi) is 7.04. The lowest BCUT2D eigenvalue weighted by Crippen LogP contribution is -2.27. The van der Waals surface area contributed by atoms with Crippen molar-refractivity contribution in [2.75, 3.05) is 11.9 Å². The minimum atomic E-state index is -0.235. The van der Waals surface area contributed by atoms with E-state index >= 15 is 0 Å². The molecule has 0 saturated heterocycles. The van der Waals surface area contributed by atoms with Crippen molar-refractivity contribution in [3.05, 3.63) is 58.6 Å². The van der Waals surface area contributed by atoms with Gasteiger partial charge in [0.1, 0.15) is 5.75 Å². The van der Waals surface area contributed by atoms with Crippen molar-refractivity contribution < 1.29 is 14.3 Å². The molecular weight excluding hydrogens is 352 g/mol. The number of hydrogen-bond donors (Lipinski definition) is 2. The minimum Gasteiger partial charge on any atom is -0.491 e. The van der Waals surface area contributed by atoms with E-state index in [1.165, 1.54) is 0 Å².